The standard InChI is InChI=1S/C15H21N5O2/c1-2-3-4-5-12(21)19-8-6-11(7-9-19)20-10-18-13(14(20)16)15(17)22/h2-5,10-11H,6-9,16H2,1H3,(H2,17,22)/b3-2+,5-4+. The lowest BCUT2D eigenvalue weighted by Gasteiger charge is -2.32. The summed E-state index contributed by atoms with van der Waals surface area (Å²) in [6.07, 6.45) is 10.1. The van der Waals surface area contributed by atoms with Gasteiger partial charge in [-0.1, -0.05) is 18.2 Å². The number of piperidine rings is 1. The number of amides is 2. The normalized spacial score (nSPS) is 16.7. The molecule has 4 N–H and O–H groups in total. The van der Waals surface area contributed by atoms with Crippen molar-refractivity contribution in [3.8, 4) is 0 Å². The molecular weight excluding hydrogens is 282 g/mol. The van der Waals surface area contributed by atoms with E-state index in [9.17, 15) is 9.59 Å². The van der Waals surface area contributed by atoms with Crippen molar-refractivity contribution in [3.05, 3.63) is 36.3 Å². The number of hydrogen-bond donors (Lipinski definition) is 2. The van der Waals surface area contributed by atoms with Gasteiger partial charge in [0.25, 0.3) is 5.91 Å². The smallest absolute Gasteiger partial charge is 0.271 e. The minimum absolute atomic E-state index is 0.00739. The maximum atomic E-state index is 12.0. The molecule has 0 aliphatic carbocycles. The summed E-state index contributed by atoms with van der Waals surface area (Å²) in [5.41, 5.74) is 11.2. The molecule has 0 radical (unpaired) electrons. The number of rotatable bonds is 4. The van der Waals surface area contributed by atoms with Crippen molar-refractivity contribution in [1.29, 1.82) is 0 Å². The minimum Gasteiger partial charge on any atom is -0.383 e. The fraction of sp³-hybridized carbons (Fsp3) is 0.400. The van der Waals surface area contributed by atoms with E-state index in [4.69, 9.17) is 11.5 Å². The van der Waals surface area contributed by atoms with Gasteiger partial charge >= 0.3 is 0 Å². The van der Waals surface area contributed by atoms with Gasteiger partial charge in [0, 0.05) is 25.2 Å². The largest absolute Gasteiger partial charge is 0.383 e. The van der Waals surface area contributed by atoms with Crippen LogP contribution in [0.15, 0.2) is 30.6 Å². The highest BCUT2D eigenvalue weighted by Crippen LogP contribution is 2.26. The molecule has 0 spiro atoms. The number of aromatic nitrogens is 2. The van der Waals surface area contributed by atoms with Crippen LogP contribution < -0.4 is 11.5 Å². The van der Waals surface area contributed by atoms with Crippen LogP contribution in [-0.2, 0) is 4.79 Å². The molecule has 22 heavy (non-hydrogen) atoms. The average Bonchev–Trinajstić information content (AvgIpc) is 2.89. The molecule has 1 aliphatic heterocycles. The summed E-state index contributed by atoms with van der Waals surface area (Å²) in [7, 11) is 0. The molecule has 1 fully saturated rings. The van der Waals surface area contributed by atoms with Gasteiger partial charge in [0.15, 0.2) is 5.69 Å². The van der Waals surface area contributed by atoms with Crippen LogP contribution in [0.5, 0.6) is 0 Å². The van der Waals surface area contributed by atoms with Crippen LogP contribution in [0, 0.1) is 0 Å². The molecule has 1 aromatic rings. The number of hydrogen-bond acceptors (Lipinski definition) is 4. The molecule has 0 unspecified atom stereocenters. The van der Waals surface area contributed by atoms with E-state index in [1.54, 1.807) is 27.9 Å². The van der Waals surface area contributed by atoms with Crippen LogP contribution in [0.4, 0.5) is 5.82 Å². The lowest BCUT2D eigenvalue weighted by atomic mass is 10.0. The van der Waals surface area contributed by atoms with Gasteiger partial charge in [0.05, 0.1) is 6.33 Å². The van der Waals surface area contributed by atoms with Crippen molar-refractivity contribution in [2.24, 2.45) is 5.73 Å². The van der Waals surface area contributed by atoms with E-state index in [1.807, 2.05) is 19.1 Å². The minimum atomic E-state index is -0.627. The Kier molecular flexibility index (Phi) is 4.98. The second-order valence-corrected chi connectivity index (χ2v) is 5.19. The first-order valence-corrected chi connectivity index (χ1v) is 7.25. The third-order valence-electron chi connectivity index (χ3n) is 3.78. The molecule has 0 bridgehead atoms. The monoisotopic (exact) mass is 303 g/mol. The van der Waals surface area contributed by atoms with Gasteiger partial charge in [-0.2, -0.15) is 0 Å². The number of likely N-dealkylation sites (tertiary alicyclic amines) is 1. The first-order chi connectivity index (χ1) is 10.5. The number of primary amides is 1. The number of nitrogens with two attached hydrogens (primary N) is 2. The quantitative estimate of drug-likeness (QED) is 0.635. The molecule has 7 heteroatoms. The zero-order valence-corrected chi connectivity index (χ0v) is 12.6. The van der Waals surface area contributed by atoms with Crippen LogP contribution in [0.3, 0.4) is 0 Å². The molecular formula is C15H21N5O2. The molecule has 1 aliphatic rings. The summed E-state index contributed by atoms with van der Waals surface area (Å²) in [5.74, 6) is -0.323. The van der Waals surface area contributed by atoms with E-state index < -0.39 is 5.91 Å². The molecule has 1 saturated heterocycles. The zero-order valence-electron chi connectivity index (χ0n) is 12.6. The Morgan fingerprint density at radius 1 is 1.32 bits per heavy atom. The SMILES string of the molecule is C/C=C/C=C/C(=O)N1CCC(n2cnc(C(N)=O)c2N)CC1. The van der Waals surface area contributed by atoms with Gasteiger partial charge < -0.3 is 20.9 Å². The van der Waals surface area contributed by atoms with E-state index in [-0.39, 0.29) is 17.6 Å². The first kappa shape index (κ1) is 15.8. The van der Waals surface area contributed by atoms with Crippen LogP contribution in [0.1, 0.15) is 36.3 Å². The topological polar surface area (TPSA) is 107 Å². The Bertz CT molecular complexity index is 609. The van der Waals surface area contributed by atoms with E-state index in [0.717, 1.165) is 12.8 Å². The number of nitrogen functional groups attached to an aromatic ring is 1. The van der Waals surface area contributed by atoms with Gasteiger partial charge in [-0.15, -0.1) is 0 Å². The third-order valence-corrected chi connectivity index (χ3v) is 3.78. The summed E-state index contributed by atoms with van der Waals surface area (Å²) >= 11 is 0. The molecule has 2 amide bonds. The summed E-state index contributed by atoms with van der Waals surface area (Å²) in [6, 6.07) is 0.129. The second-order valence-electron chi connectivity index (χ2n) is 5.19. The van der Waals surface area contributed by atoms with Gasteiger partial charge in [-0.3, -0.25) is 9.59 Å². The summed E-state index contributed by atoms with van der Waals surface area (Å²) in [4.78, 5) is 28.9. The highest BCUT2D eigenvalue weighted by atomic mass is 16.2. The predicted octanol–water partition coefficient (Wildman–Crippen LogP) is 0.860. The molecule has 0 atom stereocenters. The summed E-state index contributed by atoms with van der Waals surface area (Å²) < 4.78 is 1.78. The second kappa shape index (κ2) is 6.93. The van der Waals surface area contributed by atoms with E-state index >= 15 is 0 Å². The number of imidazole rings is 1. The number of allylic oxidation sites excluding steroid dienone is 3. The fourth-order valence-corrected chi connectivity index (χ4v) is 2.57. The van der Waals surface area contributed by atoms with E-state index in [0.29, 0.717) is 18.9 Å². The van der Waals surface area contributed by atoms with Gasteiger partial charge in [-0.25, -0.2) is 4.98 Å². The average molecular weight is 303 g/mol. The molecule has 118 valence electrons. The van der Waals surface area contributed by atoms with Crippen LogP contribution in [0.25, 0.3) is 0 Å². The van der Waals surface area contributed by atoms with Crippen molar-refractivity contribution in [1.82, 2.24) is 14.5 Å². The Balaban J connectivity index is 1.98. The van der Waals surface area contributed by atoms with Crippen molar-refractivity contribution < 1.29 is 9.59 Å². The molecule has 7 nitrogen and oxygen atoms in total. The Morgan fingerprint density at radius 3 is 2.55 bits per heavy atom. The molecule has 2 rings (SSSR count). The third kappa shape index (κ3) is 3.36. The lowest BCUT2D eigenvalue weighted by Crippen LogP contribution is -2.38. The summed E-state index contributed by atoms with van der Waals surface area (Å²) in [5, 5.41) is 0. The van der Waals surface area contributed by atoms with Gasteiger partial charge in [0.1, 0.15) is 5.82 Å². The van der Waals surface area contributed by atoms with Gasteiger partial charge in [0.2, 0.25) is 5.91 Å². The Labute approximate surface area is 129 Å². The molecule has 1 aromatic heterocycles. The predicted molar refractivity (Wildman–Crippen MR) is 84.0 cm³/mol. The van der Waals surface area contributed by atoms with Gasteiger partial charge in [-0.05, 0) is 19.8 Å². The molecule has 2 heterocycles. The first-order valence-electron chi connectivity index (χ1n) is 7.25. The van der Waals surface area contributed by atoms with E-state index in [1.165, 1.54) is 0 Å². The highest BCUT2D eigenvalue weighted by molar-refractivity contribution is 5.95. The maximum Gasteiger partial charge on any atom is 0.271 e. The zero-order chi connectivity index (χ0) is 16.1. The molecule has 0 aromatic carbocycles. The summed E-state index contributed by atoms with van der Waals surface area (Å²) in [6.45, 7) is 3.19. The van der Waals surface area contributed by atoms with Crippen LogP contribution in [-0.4, -0.2) is 39.4 Å². The number of nitrogens with zero attached hydrogens (tertiary/aromatic N) is 3. The Morgan fingerprint density at radius 2 is 2.00 bits per heavy atom. The number of carbonyl (C=O) groups is 2. The number of anilines is 1. The van der Waals surface area contributed by atoms with E-state index in [2.05, 4.69) is 4.98 Å². The van der Waals surface area contributed by atoms with Crippen LogP contribution >= 0.6 is 0 Å². The van der Waals surface area contributed by atoms with Crippen molar-refractivity contribution in [2.75, 3.05) is 18.8 Å². The van der Waals surface area contributed by atoms with Crippen molar-refractivity contribution in [3.63, 3.8) is 0 Å². The lowest BCUT2D eigenvalue weighted by molar-refractivity contribution is -0.127. The maximum absolute atomic E-state index is 12.0. The van der Waals surface area contributed by atoms with Crippen LogP contribution in [0.2, 0.25) is 0 Å². The Hall–Kier alpha value is -2.57. The molecule has 0 saturated carbocycles. The highest BCUT2D eigenvalue weighted by Gasteiger charge is 2.25. The number of carbonyl (C=O) groups excluding carboxylic acids is 2. The fourth-order valence-electron chi connectivity index (χ4n) is 2.57. The van der Waals surface area contributed by atoms with Crippen molar-refractivity contribution >= 4 is 17.6 Å². The van der Waals surface area contributed by atoms with Crippen molar-refractivity contribution in [2.45, 2.75) is 25.8 Å².